The molecular formula is C21H26N2O5S2. The third-order valence-electron chi connectivity index (χ3n) is 5.76. The fourth-order valence-electron chi connectivity index (χ4n) is 4.10. The minimum Gasteiger partial charge on any atom is -0.493 e. The van der Waals surface area contributed by atoms with E-state index in [1.165, 1.54) is 15.6 Å². The number of benzene rings is 1. The first-order chi connectivity index (χ1) is 14.5. The van der Waals surface area contributed by atoms with Crippen molar-refractivity contribution in [1.82, 2.24) is 9.21 Å². The summed E-state index contributed by atoms with van der Waals surface area (Å²) in [5.41, 5.74) is 2.10. The summed E-state index contributed by atoms with van der Waals surface area (Å²) in [5.74, 6) is 1.06. The molecule has 1 amide bonds. The van der Waals surface area contributed by atoms with Crippen LogP contribution in [0.3, 0.4) is 0 Å². The van der Waals surface area contributed by atoms with Gasteiger partial charge in [-0.3, -0.25) is 4.79 Å². The predicted octanol–water partition coefficient (Wildman–Crippen LogP) is 3.14. The van der Waals surface area contributed by atoms with Gasteiger partial charge < -0.3 is 14.4 Å². The van der Waals surface area contributed by atoms with Gasteiger partial charge in [0, 0.05) is 26.2 Å². The lowest BCUT2D eigenvalue weighted by molar-refractivity contribution is 0.0735. The Labute approximate surface area is 181 Å². The minimum atomic E-state index is -3.65. The van der Waals surface area contributed by atoms with Crippen LogP contribution in [0.15, 0.2) is 28.5 Å². The molecule has 0 atom stereocenters. The number of carbonyl (C=O) groups is 1. The SMILES string of the molecule is COc1cc2c(cc1OC)CN(C(=O)c1sccc1S(=O)(=O)N1CCCCC1)CC2. The van der Waals surface area contributed by atoms with Crippen LogP contribution in [0.25, 0.3) is 0 Å². The summed E-state index contributed by atoms with van der Waals surface area (Å²) in [7, 11) is -0.470. The number of hydrogen-bond donors (Lipinski definition) is 0. The summed E-state index contributed by atoms with van der Waals surface area (Å²) in [5, 5.41) is 1.69. The van der Waals surface area contributed by atoms with E-state index in [0.717, 1.165) is 30.4 Å². The number of amides is 1. The second kappa shape index (κ2) is 8.56. The molecule has 162 valence electrons. The van der Waals surface area contributed by atoms with E-state index < -0.39 is 10.0 Å². The van der Waals surface area contributed by atoms with Crippen LogP contribution in [0.4, 0.5) is 0 Å². The van der Waals surface area contributed by atoms with Gasteiger partial charge in [-0.25, -0.2) is 8.42 Å². The fourth-order valence-corrected chi connectivity index (χ4v) is 6.98. The molecule has 2 aromatic rings. The molecule has 1 saturated heterocycles. The molecule has 9 heteroatoms. The average Bonchev–Trinajstić information content (AvgIpc) is 3.28. The van der Waals surface area contributed by atoms with E-state index in [4.69, 9.17) is 9.47 Å². The first-order valence-electron chi connectivity index (χ1n) is 10.1. The van der Waals surface area contributed by atoms with Crippen LogP contribution in [-0.4, -0.2) is 57.4 Å². The van der Waals surface area contributed by atoms with Gasteiger partial charge in [-0.2, -0.15) is 4.31 Å². The zero-order valence-electron chi connectivity index (χ0n) is 17.2. The molecule has 0 unspecified atom stereocenters. The quantitative estimate of drug-likeness (QED) is 0.700. The Morgan fingerprint density at radius 3 is 2.33 bits per heavy atom. The van der Waals surface area contributed by atoms with Crippen LogP contribution in [0.2, 0.25) is 0 Å². The molecule has 0 aliphatic carbocycles. The van der Waals surface area contributed by atoms with E-state index in [0.29, 0.717) is 49.0 Å². The monoisotopic (exact) mass is 450 g/mol. The van der Waals surface area contributed by atoms with Gasteiger partial charge in [0.15, 0.2) is 11.5 Å². The maximum Gasteiger partial charge on any atom is 0.265 e. The number of rotatable bonds is 5. The molecule has 3 heterocycles. The molecule has 1 aromatic heterocycles. The van der Waals surface area contributed by atoms with E-state index in [-0.39, 0.29) is 10.8 Å². The van der Waals surface area contributed by atoms with E-state index in [2.05, 4.69) is 0 Å². The molecule has 2 aliphatic rings. The smallest absolute Gasteiger partial charge is 0.265 e. The number of thiophene rings is 1. The van der Waals surface area contributed by atoms with Crippen LogP contribution in [0.1, 0.15) is 40.1 Å². The minimum absolute atomic E-state index is 0.137. The van der Waals surface area contributed by atoms with Crippen molar-refractivity contribution < 1.29 is 22.7 Å². The van der Waals surface area contributed by atoms with E-state index >= 15 is 0 Å². The molecular weight excluding hydrogens is 424 g/mol. The third-order valence-corrected chi connectivity index (χ3v) is 8.73. The number of sulfonamides is 1. The van der Waals surface area contributed by atoms with Crippen molar-refractivity contribution in [3.8, 4) is 11.5 Å². The summed E-state index contributed by atoms with van der Waals surface area (Å²) >= 11 is 1.20. The van der Waals surface area contributed by atoms with Gasteiger partial charge in [-0.15, -0.1) is 11.3 Å². The van der Waals surface area contributed by atoms with Gasteiger partial charge in [-0.05, 0) is 54.0 Å². The van der Waals surface area contributed by atoms with Crippen molar-refractivity contribution in [2.45, 2.75) is 37.1 Å². The highest BCUT2D eigenvalue weighted by Crippen LogP contribution is 2.35. The molecule has 7 nitrogen and oxygen atoms in total. The van der Waals surface area contributed by atoms with Crippen molar-refractivity contribution in [3.05, 3.63) is 39.6 Å². The van der Waals surface area contributed by atoms with Crippen molar-refractivity contribution >= 4 is 27.3 Å². The van der Waals surface area contributed by atoms with Crippen molar-refractivity contribution in [1.29, 1.82) is 0 Å². The molecule has 1 fully saturated rings. The molecule has 0 bridgehead atoms. The first kappa shape index (κ1) is 21.1. The Kier molecular flexibility index (Phi) is 6.04. The molecule has 4 rings (SSSR count). The van der Waals surface area contributed by atoms with E-state index in [9.17, 15) is 13.2 Å². The topological polar surface area (TPSA) is 76.1 Å². The Balaban J connectivity index is 1.59. The summed E-state index contributed by atoms with van der Waals surface area (Å²) in [6, 6.07) is 5.41. The molecule has 0 radical (unpaired) electrons. The van der Waals surface area contributed by atoms with Gasteiger partial charge in [0.05, 0.1) is 14.2 Å². The van der Waals surface area contributed by atoms with E-state index in [1.54, 1.807) is 30.6 Å². The Morgan fingerprint density at radius 2 is 1.67 bits per heavy atom. The van der Waals surface area contributed by atoms with Gasteiger partial charge in [-0.1, -0.05) is 6.42 Å². The Hall–Kier alpha value is -2.10. The lowest BCUT2D eigenvalue weighted by Crippen LogP contribution is -2.38. The maximum atomic E-state index is 13.3. The average molecular weight is 451 g/mol. The summed E-state index contributed by atoms with van der Waals surface area (Å²) in [6.45, 7) is 1.98. The summed E-state index contributed by atoms with van der Waals surface area (Å²) in [4.78, 5) is 15.4. The van der Waals surface area contributed by atoms with Crippen molar-refractivity contribution in [3.63, 3.8) is 0 Å². The highest BCUT2D eigenvalue weighted by Gasteiger charge is 2.33. The highest BCUT2D eigenvalue weighted by molar-refractivity contribution is 7.89. The zero-order chi connectivity index (χ0) is 21.3. The molecule has 1 aromatic carbocycles. The van der Waals surface area contributed by atoms with E-state index in [1.807, 2.05) is 12.1 Å². The third kappa shape index (κ3) is 3.81. The number of ether oxygens (including phenoxy) is 2. The number of piperidine rings is 1. The normalized spacial score (nSPS) is 17.5. The van der Waals surface area contributed by atoms with Crippen molar-refractivity contribution in [2.24, 2.45) is 0 Å². The predicted molar refractivity (Wildman–Crippen MR) is 115 cm³/mol. The Morgan fingerprint density at radius 1 is 1.00 bits per heavy atom. The van der Waals surface area contributed by atoms with Gasteiger partial charge in [0.25, 0.3) is 5.91 Å². The number of fused-ring (bicyclic) bond motifs is 1. The lowest BCUT2D eigenvalue weighted by Gasteiger charge is -2.30. The zero-order valence-corrected chi connectivity index (χ0v) is 18.9. The Bertz CT molecular complexity index is 1040. The molecule has 0 spiro atoms. The van der Waals surface area contributed by atoms with Crippen molar-refractivity contribution in [2.75, 3.05) is 33.9 Å². The lowest BCUT2D eigenvalue weighted by atomic mass is 9.98. The standard InChI is InChI=1S/C21H26N2O5S2/c1-27-17-12-15-6-10-22(14-16(15)13-18(17)28-2)21(24)20-19(7-11-29-20)30(25,26)23-8-4-3-5-9-23/h7,11-13H,3-6,8-10,14H2,1-2H3. The number of nitrogens with zero attached hydrogens (tertiary/aromatic N) is 2. The second-order valence-electron chi connectivity index (χ2n) is 7.53. The number of hydrogen-bond acceptors (Lipinski definition) is 6. The van der Waals surface area contributed by atoms with Crippen LogP contribution >= 0.6 is 11.3 Å². The van der Waals surface area contributed by atoms with Gasteiger partial charge >= 0.3 is 0 Å². The maximum absolute atomic E-state index is 13.3. The van der Waals surface area contributed by atoms with Gasteiger partial charge in [0.1, 0.15) is 9.77 Å². The molecule has 0 saturated carbocycles. The molecule has 30 heavy (non-hydrogen) atoms. The number of methoxy groups -OCH3 is 2. The van der Waals surface area contributed by atoms with Crippen LogP contribution in [-0.2, 0) is 23.0 Å². The number of carbonyl (C=O) groups excluding carboxylic acids is 1. The summed E-state index contributed by atoms with van der Waals surface area (Å²) < 4.78 is 38.6. The van der Waals surface area contributed by atoms with Crippen LogP contribution < -0.4 is 9.47 Å². The largest absolute Gasteiger partial charge is 0.493 e. The van der Waals surface area contributed by atoms with Crippen LogP contribution in [0, 0.1) is 0 Å². The second-order valence-corrected chi connectivity index (χ2v) is 10.4. The van der Waals surface area contributed by atoms with Gasteiger partial charge in [0.2, 0.25) is 10.0 Å². The first-order valence-corrected chi connectivity index (χ1v) is 12.4. The van der Waals surface area contributed by atoms with Crippen LogP contribution in [0.5, 0.6) is 11.5 Å². The summed E-state index contributed by atoms with van der Waals surface area (Å²) in [6.07, 6.45) is 3.45. The fraction of sp³-hybridized carbons (Fsp3) is 0.476. The molecule has 0 N–H and O–H groups in total. The molecule has 2 aliphatic heterocycles. The highest BCUT2D eigenvalue weighted by atomic mass is 32.2.